The van der Waals surface area contributed by atoms with Crippen molar-refractivity contribution in [3.05, 3.63) is 46.0 Å². The van der Waals surface area contributed by atoms with E-state index >= 15 is 0 Å². The number of allylic oxidation sites excluding steroid dienone is 1. The third-order valence-corrected chi connectivity index (χ3v) is 3.27. The summed E-state index contributed by atoms with van der Waals surface area (Å²) in [6, 6.07) is 1.33. The van der Waals surface area contributed by atoms with Crippen LogP contribution in [0.25, 0.3) is 0 Å². The number of hydrogen-bond acceptors (Lipinski definition) is 5. The molecule has 124 valence electrons. The lowest BCUT2D eigenvalue weighted by Gasteiger charge is -2.14. The number of hydrogen-bond donors (Lipinski definition) is 2. The molecule has 0 saturated carbocycles. The van der Waals surface area contributed by atoms with Crippen LogP contribution in [0.4, 0.5) is 5.69 Å². The Hall–Kier alpha value is -2.90. The molecule has 0 aliphatic carbocycles. The van der Waals surface area contributed by atoms with E-state index in [1.54, 1.807) is 6.08 Å². The average Bonchev–Trinajstić information content (AvgIpc) is 2.50. The molecule has 0 spiro atoms. The lowest BCUT2D eigenvalue weighted by atomic mass is 10.1. The van der Waals surface area contributed by atoms with E-state index in [0.29, 0.717) is 6.42 Å². The first kappa shape index (κ1) is 18.1. The molecule has 1 amide bonds. The van der Waals surface area contributed by atoms with E-state index in [1.165, 1.54) is 20.1 Å². The van der Waals surface area contributed by atoms with Gasteiger partial charge in [0.2, 0.25) is 0 Å². The van der Waals surface area contributed by atoms with Gasteiger partial charge >= 0.3 is 5.97 Å². The van der Waals surface area contributed by atoms with Gasteiger partial charge in [-0.25, -0.2) is 4.79 Å². The maximum absolute atomic E-state index is 12.2. The van der Waals surface area contributed by atoms with Crippen LogP contribution < -0.4 is 10.1 Å². The van der Waals surface area contributed by atoms with Crippen molar-refractivity contribution < 1.29 is 24.4 Å². The van der Waals surface area contributed by atoms with Crippen LogP contribution in [0.3, 0.4) is 0 Å². The highest BCUT2D eigenvalue weighted by molar-refractivity contribution is 5.97. The molecule has 1 aromatic rings. The topological polar surface area (TPSA) is 119 Å². The number of rotatable bonds is 8. The van der Waals surface area contributed by atoms with E-state index in [9.17, 15) is 19.7 Å². The predicted molar refractivity (Wildman–Crippen MR) is 82.7 cm³/mol. The summed E-state index contributed by atoms with van der Waals surface area (Å²) in [7, 11) is 1.33. The number of carboxylic acids is 1. The molecule has 1 unspecified atom stereocenters. The monoisotopic (exact) mass is 322 g/mol. The van der Waals surface area contributed by atoms with Crippen molar-refractivity contribution in [1.29, 1.82) is 0 Å². The first-order chi connectivity index (χ1) is 10.8. The lowest BCUT2D eigenvalue weighted by Crippen LogP contribution is -2.40. The zero-order chi connectivity index (χ0) is 17.6. The fourth-order valence-corrected chi connectivity index (χ4v) is 1.99. The van der Waals surface area contributed by atoms with E-state index in [1.807, 2.05) is 0 Å². The molecular formula is C15H18N2O6. The predicted octanol–water partition coefficient (Wildman–Crippen LogP) is 2.06. The Morgan fingerprint density at radius 3 is 2.65 bits per heavy atom. The largest absolute Gasteiger partial charge is 0.496 e. The molecule has 0 aromatic heterocycles. The SMILES string of the molecule is C=CCCC(NC(=O)c1cc(OC)c(C)c([N+](=O)[O-])c1)C(=O)O. The molecular weight excluding hydrogens is 304 g/mol. The van der Waals surface area contributed by atoms with Crippen molar-refractivity contribution in [2.24, 2.45) is 0 Å². The summed E-state index contributed by atoms with van der Waals surface area (Å²) in [5, 5.41) is 22.5. The minimum absolute atomic E-state index is 0.0380. The van der Waals surface area contributed by atoms with Crippen LogP contribution >= 0.6 is 0 Å². The third-order valence-electron chi connectivity index (χ3n) is 3.27. The number of methoxy groups -OCH3 is 1. The average molecular weight is 322 g/mol. The highest BCUT2D eigenvalue weighted by Gasteiger charge is 2.23. The Labute approximate surface area is 132 Å². The molecule has 0 bridgehead atoms. The van der Waals surface area contributed by atoms with Gasteiger partial charge < -0.3 is 15.2 Å². The molecule has 0 heterocycles. The van der Waals surface area contributed by atoms with E-state index < -0.39 is 22.8 Å². The number of amides is 1. The summed E-state index contributed by atoms with van der Waals surface area (Å²) in [5.74, 6) is -1.72. The Morgan fingerprint density at radius 2 is 2.17 bits per heavy atom. The second-order valence-corrected chi connectivity index (χ2v) is 4.81. The Kier molecular flexibility index (Phi) is 6.25. The van der Waals surface area contributed by atoms with E-state index in [2.05, 4.69) is 11.9 Å². The minimum atomic E-state index is -1.19. The van der Waals surface area contributed by atoms with Crippen molar-refractivity contribution >= 4 is 17.6 Å². The number of nitro groups is 1. The zero-order valence-corrected chi connectivity index (χ0v) is 12.9. The number of aliphatic carboxylic acids is 1. The Morgan fingerprint density at radius 1 is 1.52 bits per heavy atom. The number of carbonyl (C=O) groups excluding carboxylic acids is 1. The van der Waals surface area contributed by atoms with Crippen molar-refractivity contribution in [1.82, 2.24) is 5.32 Å². The summed E-state index contributed by atoms with van der Waals surface area (Å²) in [5.41, 5.74) is -0.0213. The van der Waals surface area contributed by atoms with Gasteiger partial charge in [0.1, 0.15) is 11.8 Å². The highest BCUT2D eigenvalue weighted by Crippen LogP contribution is 2.29. The van der Waals surface area contributed by atoms with Gasteiger partial charge in [-0.3, -0.25) is 14.9 Å². The number of nitrogens with one attached hydrogen (secondary N) is 1. The molecule has 0 saturated heterocycles. The highest BCUT2D eigenvalue weighted by atomic mass is 16.6. The van der Waals surface area contributed by atoms with Crippen molar-refractivity contribution in [3.63, 3.8) is 0 Å². The standard InChI is InChI=1S/C15H18N2O6/c1-4-5-6-11(15(19)20)16-14(18)10-7-12(17(21)22)9(2)13(8-10)23-3/h4,7-8,11H,1,5-6H2,2-3H3,(H,16,18)(H,19,20). The van der Waals surface area contributed by atoms with Crippen LogP contribution in [-0.4, -0.2) is 35.1 Å². The number of ether oxygens (including phenoxy) is 1. The fourth-order valence-electron chi connectivity index (χ4n) is 1.99. The van der Waals surface area contributed by atoms with E-state index in [-0.39, 0.29) is 29.0 Å². The molecule has 23 heavy (non-hydrogen) atoms. The summed E-state index contributed by atoms with van der Waals surface area (Å²) >= 11 is 0. The van der Waals surface area contributed by atoms with Crippen molar-refractivity contribution in [2.75, 3.05) is 7.11 Å². The van der Waals surface area contributed by atoms with Crippen molar-refractivity contribution in [2.45, 2.75) is 25.8 Å². The Bertz CT molecular complexity index is 641. The molecule has 0 aliphatic heterocycles. The summed E-state index contributed by atoms with van der Waals surface area (Å²) in [4.78, 5) is 33.8. The summed E-state index contributed by atoms with van der Waals surface area (Å²) in [6.45, 7) is 5.00. The smallest absolute Gasteiger partial charge is 0.326 e. The van der Waals surface area contributed by atoms with Gasteiger partial charge in [-0.1, -0.05) is 6.08 Å². The van der Waals surface area contributed by atoms with Gasteiger partial charge in [-0.05, 0) is 25.8 Å². The van der Waals surface area contributed by atoms with Gasteiger partial charge in [-0.2, -0.15) is 0 Å². The number of carbonyl (C=O) groups is 2. The van der Waals surface area contributed by atoms with Gasteiger partial charge in [0.25, 0.3) is 11.6 Å². The van der Waals surface area contributed by atoms with Crippen LogP contribution in [0.5, 0.6) is 5.75 Å². The molecule has 0 aliphatic rings. The molecule has 1 atom stereocenters. The van der Waals surface area contributed by atoms with Gasteiger partial charge in [0, 0.05) is 11.6 Å². The number of nitro benzene ring substituents is 1. The normalized spacial score (nSPS) is 11.4. The summed E-state index contributed by atoms with van der Waals surface area (Å²) in [6.07, 6.45) is 2.13. The molecule has 8 heteroatoms. The second-order valence-electron chi connectivity index (χ2n) is 4.81. The first-order valence-corrected chi connectivity index (χ1v) is 6.79. The minimum Gasteiger partial charge on any atom is -0.496 e. The zero-order valence-electron chi connectivity index (χ0n) is 12.9. The summed E-state index contributed by atoms with van der Waals surface area (Å²) < 4.78 is 5.03. The number of nitrogens with zero attached hydrogens (tertiary/aromatic N) is 1. The second kappa shape index (κ2) is 7.92. The molecule has 8 nitrogen and oxygen atoms in total. The lowest BCUT2D eigenvalue weighted by molar-refractivity contribution is -0.385. The number of benzene rings is 1. The molecule has 0 fully saturated rings. The van der Waals surface area contributed by atoms with Crippen LogP contribution in [0, 0.1) is 17.0 Å². The van der Waals surface area contributed by atoms with E-state index in [4.69, 9.17) is 9.84 Å². The maximum Gasteiger partial charge on any atom is 0.326 e. The van der Waals surface area contributed by atoms with Gasteiger partial charge in [0.05, 0.1) is 17.6 Å². The molecule has 0 radical (unpaired) electrons. The molecule has 1 rings (SSSR count). The molecule has 2 N–H and O–H groups in total. The van der Waals surface area contributed by atoms with Crippen LogP contribution in [-0.2, 0) is 4.79 Å². The van der Waals surface area contributed by atoms with Crippen LogP contribution in [0.15, 0.2) is 24.8 Å². The number of carboxylic acid groups (broad SMARTS) is 1. The maximum atomic E-state index is 12.2. The first-order valence-electron chi connectivity index (χ1n) is 6.79. The third kappa shape index (κ3) is 4.53. The van der Waals surface area contributed by atoms with Crippen molar-refractivity contribution in [3.8, 4) is 5.75 Å². The Balaban J connectivity index is 3.11. The van der Waals surface area contributed by atoms with Gasteiger partial charge in [-0.15, -0.1) is 6.58 Å². The van der Waals surface area contributed by atoms with Crippen LogP contribution in [0.2, 0.25) is 0 Å². The van der Waals surface area contributed by atoms with Gasteiger partial charge in [0.15, 0.2) is 0 Å². The van der Waals surface area contributed by atoms with Crippen LogP contribution in [0.1, 0.15) is 28.8 Å². The quantitative estimate of drug-likeness (QED) is 0.429. The van der Waals surface area contributed by atoms with E-state index in [0.717, 1.165) is 6.07 Å². The molecule has 1 aromatic carbocycles. The fraction of sp³-hybridized carbons (Fsp3) is 0.333.